The summed E-state index contributed by atoms with van der Waals surface area (Å²) in [7, 11) is 0. The van der Waals surface area contributed by atoms with E-state index in [1.807, 2.05) is 12.1 Å². The Morgan fingerprint density at radius 1 is 1.14 bits per heavy atom. The smallest absolute Gasteiger partial charge is 0.338 e. The molecule has 0 saturated carbocycles. The number of hydrogen-bond donors (Lipinski definition) is 0. The highest BCUT2D eigenvalue weighted by atomic mass is 35.5. The molecule has 0 fully saturated rings. The van der Waals surface area contributed by atoms with Gasteiger partial charge in [-0.15, -0.1) is 12.4 Å². The largest absolute Gasteiger partial charge is 0.494 e. The Morgan fingerprint density at radius 3 is 2.50 bits per heavy atom. The lowest BCUT2D eigenvalue weighted by molar-refractivity contribution is 0.0466. The molecule has 0 aliphatic heterocycles. The predicted octanol–water partition coefficient (Wildman–Crippen LogP) is 3.79. The quantitative estimate of drug-likeness (QED) is 0.483. The normalized spacial score (nSPS) is 10.2. The van der Waals surface area contributed by atoms with Gasteiger partial charge in [0.25, 0.3) is 0 Å². The fourth-order valence-corrected chi connectivity index (χ4v) is 1.94. The number of nitrogens with zero attached hydrogens (tertiary/aromatic N) is 1. The van der Waals surface area contributed by atoms with Crippen molar-refractivity contribution in [2.24, 2.45) is 0 Å². The molecule has 0 saturated heterocycles. The van der Waals surface area contributed by atoms with Gasteiger partial charge >= 0.3 is 5.97 Å². The second kappa shape index (κ2) is 12.3. The van der Waals surface area contributed by atoms with Crippen molar-refractivity contribution in [2.45, 2.75) is 33.6 Å². The first-order valence-corrected chi connectivity index (χ1v) is 7.83. The van der Waals surface area contributed by atoms with Gasteiger partial charge in [-0.1, -0.05) is 33.3 Å². The minimum atomic E-state index is -0.289. The second-order valence-electron chi connectivity index (χ2n) is 4.89. The average molecular weight is 330 g/mol. The molecule has 126 valence electrons. The lowest BCUT2D eigenvalue weighted by atomic mass is 10.2. The van der Waals surface area contributed by atoms with E-state index in [0.29, 0.717) is 18.8 Å². The highest BCUT2D eigenvalue weighted by Crippen LogP contribution is 2.14. The van der Waals surface area contributed by atoms with Gasteiger partial charge in [-0.3, -0.25) is 0 Å². The van der Waals surface area contributed by atoms with E-state index in [0.717, 1.165) is 38.2 Å². The SMILES string of the molecule is CCCCOc1cccc(C(=O)OCCN(CC)CC)c1.Cl. The van der Waals surface area contributed by atoms with Crippen LogP contribution in [0.5, 0.6) is 5.75 Å². The van der Waals surface area contributed by atoms with Crippen LogP contribution in [0.3, 0.4) is 0 Å². The van der Waals surface area contributed by atoms with Crippen molar-refractivity contribution < 1.29 is 14.3 Å². The number of rotatable bonds is 10. The summed E-state index contributed by atoms with van der Waals surface area (Å²) < 4.78 is 10.9. The van der Waals surface area contributed by atoms with Crippen LogP contribution in [0.2, 0.25) is 0 Å². The van der Waals surface area contributed by atoms with Gasteiger partial charge in [0, 0.05) is 6.54 Å². The van der Waals surface area contributed by atoms with E-state index in [1.54, 1.807) is 12.1 Å². The zero-order valence-corrected chi connectivity index (χ0v) is 14.7. The first-order valence-electron chi connectivity index (χ1n) is 7.83. The lowest BCUT2D eigenvalue weighted by Gasteiger charge is -2.17. The van der Waals surface area contributed by atoms with Gasteiger partial charge in [0.05, 0.1) is 12.2 Å². The maximum Gasteiger partial charge on any atom is 0.338 e. The van der Waals surface area contributed by atoms with Gasteiger partial charge < -0.3 is 14.4 Å². The van der Waals surface area contributed by atoms with Crippen LogP contribution in [0.4, 0.5) is 0 Å². The van der Waals surface area contributed by atoms with Crippen LogP contribution in [-0.4, -0.2) is 43.7 Å². The summed E-state index contributed by atoms with van der Waals surface area (Å²) in [5.74, 6) is 0.435. The number of carbonyl (C=O) groups excluding carboxylic acids is 1. The molecule has 0 aliphatic carbocycles. The number of ether oxygens (including phenoxy) is 2. The van der Waals surface area contributed by atoms with Gasteiger partial charge in [0.15, 0.2) is 0 Å². The number of halogens is 1. The van der Waals surface area contributed by atoms with Gasteiger partial charge in [-0.05, 0) is 37.7 Å². The molecule has 0 N–H and O–H groups in total. The van der Waals surface area contributed by atoms with Gasteiger partial charge in [0.1, 0.15) is 12.4 Å². The number of hydrogen-bond acceptors (Lipinski definition) is 4. The highest BCUT2D eigenvalue weighted by molar-refractivity contribution is 5.89. The topological polar surface area (TPSA) is 38.8 Å². The van der Waals surface area contributed by atoms with Gasteiger partial charge in [-0.25, -0.2) is 4.79 Å². The highest BCUT2D eigenvalue weighted by Gasteiger charge is 2.09. The Hall–Kier alpha value is -1.26. The summed E-state index contributed by atoms with van der Waals surface area (Å²) in [6.07, 6.45) is 2.10. The molecule has 0 aromatic heterocycles. The van der Waals surface area contributed by atoms with Crippen molar-refractivity contribution in [1.82, 2.24) is 4.90 Å². The molecule has 0 unspecified atom stereocenters. The molecule has 0 bridgehead atoms. The third-order valence-electron chi connectivity index (χ3n) is 3.37. The van der Waals surface area contributed by atoms with Crippen molar-refractivity contribution in [2.75, 3.05) is 32.8 Å². The van der Waals surface area contributed by atoms with Crippen LogP contribution in [-0.2, 0) is 4.74 Å². The van der Waals surface area contributed by atoms with E-state index in [1.165, 1.54) is 0 Å². The molecule has 1 rings (SSSR count). The summed E-state index contributed by atoms with van der Waals surface area (Å²) in [5, 5.41) is 0. The first kappa shape index (κ1) is 20.7. The molecule has 0 spiro atoms. The molecular formula is C17H28ClNO3. The fourth-order valence-electron chi connectivity index (χ4n) is 1.94. The Labute approximate surface area is 140 Å². The fraction of sp³-hybridized carbons (Fsp3) is 0.588. The van der Waals surface area contributed by atoms with Crippen LogP contribution in [0.1, 0.15) is 44.0 Å². The first-order chi connectivity index (χ1) is 10.2. The maximum absolute atomic E-state index is 12.0. The summed E-state index contributed by atoms with van der Waals surface area (Å²) in [6, 6.07) is 7.19. The molecule has 1 aromatic rings. The van der Waals surface area contributed by atoms with Gasteiger partial charge in [0.2, 0.25) is 0 Å². The zero-order chi connectivity index (χ0) is 15.5. The summed E-state index contributed by atoms with van der Waals surface area (Å²) >= 11 is 0. The van der Waals surface area contributed by atoms with E-state index in [2.05, 4.69) is 25.7 Å². The van der Waals surface area contributed by atoms with Crippen LogP contribution in [0.25, 0.3) is 0 Å². The lowest BCUT2D eigenvalue weighted by Crippen LogP contribution is -2.27. The molecule has 0 atom stereocenters. The molecule has 0 heterocycles. The molecule has 5 heteroatoms. The number of benzene rings is 1. The van der Waals surface area contributed by atoms with E-state index in [9.17, 15) is 4.79 Å². The van der Waals surface area contributed by atoms with Gasteiger partial charge in [-0.2, -0.15) is 0 Å². The van der Waals surface area contributed by atoms with Crippen molar-refractivity contribution >= 4 is 18.4 Å². The molecule has 0 aliphatic rings. The monoisotopic (exact) mass is 329 g/mol. The van der Waals surface area contributed by atoms with E-state index < -0.39 is 0 Å². The minimum absolute atomic E-state index is 0. The Morgan fingerprint density at radius 2 is 1.86 bits per heavy atom. The van der Waals surface area contributed by atoms with Crippen molar-refractivity contribution in [3.8, 4) is 5.75 Å². The maximum atomic E-state index is 12.0. The van der Waals surface area contributed by atoms with E-state index >= 15 is 0 Å². The minimum Gasteiger partial charge on any atom is -0.494 e. The standard InChI is InChI=1S/C17H27NO3.ClH/c1-4-7-12-20-16-10-8-9-15(14-16)17(19)21-13-11-18(5-2)6-3;/h8-10,14H,4-7,11-13H2,1-3H3;1H. The molecule has 0 radical (unpaired) electrons. The number of unbranched alkanes of at least 4 members (excludes halogenated alkanes) is 1. The molecular weight excluding hydrogens is 302 g/mol. The third kappa shape index (κ3) is 7.66. The average Bonchev–Trinajstić information content (AvgIpc) is 2.52. The number of esters is 1. The van der Waals surface area contributed by atoms with E-state index in [-0.39, 0.29) is 18.4 Å². The molecule has 0 amide bonds. The van der Waals surface area contributed by atoms with Crippen LogP contribution < -0.4 is 4.74 Å². The van der Waals surface area contributed by atoms with Crippen LogP contribution in [0, 0.1) is 0 Å². The Balaban J connectivity index is 0.00000441. The number of likely N-dealkylation sites (N-methyl/N-ethyl adjacent to an activating group) is 1. The van der Waals surface area contributed by atoms with Crippen LogP contribution in [0.15, 0.2) is 24.3 Å². The van der Waals surface area contributed by atoms with Crippen LogP contribution >= 0.6 is 12.4 Å². The van der Waals surface area contributed by atoms with Crippen molar-refractivity contribution in [3.63, 3.8) is 0 Å². The zero-order valence-electron chi connectivity index (χ0n) is 13.8. The number of carbonyl (C=O) groups is 1. The summed E-state index contributed by atoms with van der Waals surface area (Å²) in [4.78, 5) is 14.2. The Kier molecular flexibility index (Phi) is 11.6. The van der Waals surface area contributed by atoms with Crippen molar-refractivity contribution in [3.05, 3.63) is 29.8 Å². The summed E-state index contributed by atoms with van der Waals surface area (Å²) in [6.45, 7) is 10.1. The predicted molar refractivity (Wildman–Crippen MR) is 92.2 cm³/mol. The third-order valence-corrected chi connectivity index (χ3v) is 3.37. The molecule has 22 heavy (non-hydrogen) atoms. The molecule has 1 aromatic carbocycles. The second-order valence-corrected chi connectivity index (χ2v) is 4.89. The van der Waals surface area contributed by atoms with E-state index in [4.69, 9.17) is 9.47 Å². The summed E-state index contributed by atoms with van der Waals surface area (Å²) in [5.41, 5.74) is 0.545. The van der Waals surface area contributed by atoms with Crippen molar-refractivity contribution in [1.29, 1.82) is 0 Å². The molecule has 4 nitrogen and oxygen atoms in total. The Bertz CT molecular complexity index is 422.